The fourth-order valence-corrected chi connectivity index (χ4v) is 3.85. The van der Waals surface area contributed by atoms with Gasteiger partial charge in [0.05, 0.1) is 6.54 Å². The van der Waals surface area contributed by atoms with Crippen molar-refractivity contribution in [1.82, 2.24) is 9.80 Å². The number of ether oxygens (including phenoxy) is 1. The summed E-state index contributed by atoms with van der Waals surface area (Å²) in [6.45, 7) is 5.17. The van der Waals surface area contributed by atoms with Gasteiger partial charge in [0.15, 0.2) is 0 Å². The fourth-order valence-electron chi connectivity index (χ4n) is 3.85. The molecule has 6 nitrogen and oxygen atoms in total. The predicted molar refractivity (Wildman–Crippen MR) is 129 cm³/mol. The molecular formula is C27H29N3O3. The van der Waals surface area contributed by atoms with Crippen LogP contribution in [0, 0.1) is 6.92 Å². The second-order valence-electron chi connectivity index (χ2n) is 8.24. The molecule has 0 saturated carbocycles. The molecule has 0 atom stereocenters. The number of anilines is 1. The monoisotopic (exact) mass is 443 g/mol. The van der Waals surface area contributed by atoms with Crippen LogP contribution in [0.25, 0.3) is 0 Å². The normalized spacial score (nSPS) is 14.0. The molecule has 1 saturated heterocycles. The van der Waals surface area contributed by atoms with Crippen LogP contribution < -0.4 is 10.1 Å². The number of benzene rings is 3. The molecule has 0 aromatic heterocycles. The van der Waals surface area contributed by atoms with Crippen LogP contribution in [-0.2, 0) is 11.4 Å². The second kappa shape index (κ2) is 10.8. The molecule has 33 heavy (non-hydrogen) atoms. The number of carbonyl (C=O) groups excluding carboxylic acids is 2. The van der Waals surface area contributed by atoms with Gasteiger partial charge in [-0.1, -0.05) is 54.1 Å². The summed E-state index contributed by atoms with van der Waals surface area (Å²) in [6, 6.07) is 24.9. The number of para-hydroxylation sites is 1. The van der Waals surface area contributed by atoms with Crippen molar-refractivity contribution in [2.75, 3.05) is 38.0 Å². The van der Waals surface area contributed by atoms with Gasteiger partial charge in [-0.05, 0) is 37.3 Å². The molecular weight excluding hydrogens is 414 g/mol. The highest BCUT2D eigenvalue weighted by molar-refractivity contribution is 5.96. The largest absolute Gasteiger partial charge is 0.489 e. The number of carbonyl (C=O) groups is 2. The molecule has 1 aliphatic rings. The molecule has 4 rings (SSSR count). The first-order chi connectivity index (χ1) is 16.1. The summed E-state index contributed by atoms with van der Waals surface area (Å²) in [5.41, 5.74) is 3.49. The molecule has 6 heteroatoms. The standard InChI is InChI=1S/C27H29N3O3/c1-21-11-13-23(14-12-21)28-26(31)19-29-15-17-30(18-16-29)27(32)25-10-6-5-7-22(25)20-33-24-8-3-2-4-9-24/h2-14H,15-20H2,1H3,(H,28,31). The minimum absolute atomic E-state index is 0.00557. The molecule has 1 fully saturated rings. The van der Waals surface area contributed by atoms with Crippen molar-refractivity contribution in [3.63, 3.8) is 0 Å². The van der Waals surface area contributed by atoms with Crippen LogP contribution in [0.2, 0.25) is 0 Å². The summed E-state index contributed by atoms with van der Waals surface area (Å²) in [4.78, 5) is 29.5. The number of nitrogens with one attached hydrogen (secondary N) is 1. The van der Waals surface area contributed by atoms with E-state index in [9.17, 15) is 9.59 Å². The highest BCUT2D eigenvalue weighted by Crippen LogP contribution is 2.17. The SMILES string of the molecule is Cc1ccc(NC(=O)CN2CCN(C(=O)c3ccccc3COc3ccccc3)CC2)cc1. The number of hydrogen-bond acceptors (Lipinski definition) is 4. The minimum Gasteiger partial charge on any atom is -0.489 e. The number of aryl methyl sites for hydroxylation is 1. The third-order valence-electron chi connectivity index (χ3n) is 5.75. The van der Waals surface area contributed by atoms with Crippen molar-refractivity contribution in [1.29, 1.82) is 0 Å². The van der Waals surface area contributed by atoms with E-state index in [1.165, 1.54) is 0 Å². The van der Waals surface area contributed by atoms with E-state index in [0.717, 1.165) is 22.6 Å². The summed E-state index contributed by atoms with van der Waals surface area (Å²) in [7, 11) is 0. The van der Waals surface area contributed by atoms with Gasteiger partial charge in [0.1, 0.15) is 12.4 Å². The molecule has 0 radical (unpaired) electrons. The van der Waals surface area contributed by atoms with Crippen molar-refractivity contribution >= 4 is 17.5 Å². The first-order valence-electron chi connectivity index (χ1n) is 11.2. The van der Waals surface area contributed by atoms with Gasteiger partial charge in [-0.3, -0.25) is 14.5 Å². The Morgan fingerprint density at radius 1 is 0.848 bits per heavy atom. The average Bonchev–Trinajstić information content (AvgIpc) is 2.85. The lowest BCUT2D eigenvalue weighted by Gasteiger charge is -2.34. The smallest absolute Gasteiger partial charge is 0.254 e. The molecule has 0 aliphatic carbocycles. The van der Waals surface area contributed by atoms with Crippen molar-refractivity contribution < 1.29 is 14.3 Å². The summed E-state index contributed by atoms with van der Waals surface area (Å²) in [6.07, 6.45) is 0. The Kier molecular flexibility index (Phi) is 7.37. The zero-order valence-electron chi connectivity index (χ0n) is 18.9. The van der Waals surface area contributed by atoms with E-state index in [1.54, 1.807) is 0 Å². The van der Waals surface area contributed by atoms with Crippen LogP contribution in [0.15, 0.2) is 78.9 Å². The van der Waals surface area contributed by atoms with Crippen LogP contribution in [0.4, 0.5) is 5.69 Å². The number of rotatable bonds is 7. The molecule has 2 amide bonds. The van der Waals surface area contributed by atoms with Gasteiger partial charge < -0.3 is 15.0 Å². The lowest BCUT2D eigenvalue weighted by atomic mass is 10.1. The Labute approximate surface area is 194 Å². The molecule has 3 aromatic rings. The molecule has 1 heterocycles. The van der Waals surface area contributed by atoms with Gasteiger partial charge in [0.25, 0.3) is 5.91 Å². The van der Waals surface area contributed by atoms with Crippen molar-refractivity contribution in [2.24, 2.45) is 0 Å². The van der Waals surface area contributed by atoms with E-state index in [1.807, 2.05) is 90.7 Å². The second-order valence-corrected chi connectivity index (χ2v) is 8.24. The topological polar surface area (TPSA) is 61.9 Å². The molecule has 170 valence electrons. The number of amides is 2. The van der Waals surface area contributed by atoms with Gasteiger partial charge in [0, 0.05) is 43.0 Å². The quantitative estimate of drug-likeness (QED) is 0.600. The number of nitrogens with zero attached hydrogens (tertiary/aromatic N) is 2. The minimum atomic E-state index is -0.0398. The van der Waals surface area contributed by atoms with E-state index in [4.69, 9.17) is 4.74 Å². The van der Waals surface area contributed by atoms with Crippen molar-refractivity contribution in [3.8, 4) is 5.75 Å². The zero-order chi connectivity index (χ0) is 23.0. The van der Waals surface area contributed by atoms with Gasteiger partial charge in [0.2, 0.25) is 5.91 Å². The molecule has 1 aliphatic heterocycles. The van der Waals surface area contributed by atoms with Gasteiger partial charge in [-0.15, -0.1) is 0 Å². The van der Waals surface area contributed by atoms with Gasteiger partial charge in [-0.25, -0.2) is 0 Å². The summed E-state index contributed by atoms with van der Waals surface area (Å²) >= 11 is 0. The van der Waals surface area contributed by atoms with Crippen LogP contribution in [0.3, 0.4) is 0 Å². The average molecular weight is 444 g/mol. The summed E-state index contributed by atoms with van der Waals surface area (Å²) in [5, 5.41) is 2.94. The maximum Gasteiger partial charge on any atom is 0.254 e. The van der Waals surface area contributed by atoms with Crippen LogP contribution in [0.5, 0.6) is 5.75 Å². The van der Waals surface area contributed by atoms with Crippen LogP contribution in [-0.4, -0.2) is 54.3 Å². The van der Waals surface area contributed by atoms with E-state index in [0.29, 0.717) is 44.9 Å². The number of hydrogen-bond donors (Lipinski definition) is 1. The Morgan fingerprint density at radius 2 is 1.52 bits per heavy atom. The molecule has 0 unspecified atom stereocenters. The third-order valence-corrected chi connectivity index (χ3v) is 5.75. The Balaban J connectivity index is 1.29. The maximum absolute atomic E-state index is 13.2. The van der Waals surface area contributed by atoms with E-state index >= 15 is 0 Å². The Morgan fingerprint density at radius 3 is 2.24 bits per heavy atom. The third kappa shape index (κ3) is 6.20. The highest BCUT2D eigenvalue weighted by atomic mass is 16.5. The first-order valence-corrected chi connectivity index (χ1v) is 11.2. The fraction of sp³-hybridized carbons (Fsp3) is 0.259. The summed E-state index contributed by atoms with van der Waals surface area (Å²) in [5.74, 6) is 0.741. The van der Waals surface area contributed by atoms with Gasteiger partial charge in [-0.2, -0.15) is 0 Å². The van der Waals surface area contributed by atoms with E-state index < -0.39 is 0 Å². The number of piperazine rings is 1. The lowest BCUT2D eigenvalue weighted by Crippen LogP contribution is -2.50. The highest BCUT2D eigenvalue weighted by Gasteiger charge is 2.24. The molecule has 3 aromatic carbocycles. The van der Waals surface area contributed by atoms with Crippen LogP contribution in [0.1, 0.15) is 21.5 Å². The van der Waals surface area contributed by atoms with Crippen molar-refractivity contribution in [2.45, 2.75) is 13.5 Å². The molecule has 0 bridgehead atoms. The Hall–Kier alpha value is -3.64. The molecule has 1 N–H and O–H groups in total. The summed E-state index contributed by atoms with van der Waals surface area (Å²) < 4.78 is 5.86. The van der Waals surface area contributed by atoms with E-state index in [2.05, 4.69) is 10.2 Å². The lowest BCUT2D eigenvalue weighted by molar-refractivity contribution is -0.117. The maximum atomic E-state index is 13.2. The molecule has 0 spiro atoms. The van der Waals surface area contributed by atoms with Crippen molar-refractivity contribution in [3.05, 3.63) is 95.6 Å². The van der Waals surface area contributed by atoms with E-state index in [-0.39, 0.29) is 11.8 Å². The predicted octanol–water partition coefficient (Wildman–Crippen LogP) is 3.97. The van der Waals surface area contributed by atoms with Crippen LogP contribution >= 0.6 is 0 Å². The first kappa shape index (κ1) is 22.6. The Bertz CT molecular complexity index is 1080. The zero-order valence-corrected chi connectivity index (χ0v) is 18.9. The van der Waals surface area contributed by atoms with Gasteiger partial charge >= 0.3 is 0 Å².